The molecule has 1 aromatic carbocycles. The van der Waals surface area contributed by atoms with E-state index in [1.165, 1.54) is 18.4 Å². The first-order chi connectivity index (χ1) is 14.3. The van der Waals surface area contributed by atoms with E-state index in [0.29, 0.717) is 43.5 Å². The molecule has 1 fully saturated rings. The molecule has 0 spiro atoms. The molecule has 1 aliphatic carbocycles. The first kappa shape index (κ1) is 22.9. The molecule has 0 aromatic heterocycles. The molecule has 1 heterocycles. The van der Waals surface area contributed by atoms with Crippen LogP contribution in [0.3, 0.4) is 0 Å². The standard InChI is InChI=1S/C24H36O5Si/c1-7-27-14-18(17-8-9-17)10-11-19-22(26-3)16(2)20-15-29-24(25)21(20)23(19)28-12-13-30(4,5)6/h10,17H,7-9,11-15H2,1-6H3. The van der Waals surface area contributed by atoms with Crippen LogP contribution in [0.15, 0.2) is 11.6 Å². The smallest absolute Gasteiger partial charge is 0.342 e. The van der Waals surface area contributed by atoms with Gasteiger partial charge in [-0.15, -0.1) is 0 Å². The molecule has 1 aromatic rings. The lowest BCUT2D eigenvalue weighted by atomic mass is 9.94. The Morgan fingerprint density at radius 3 is 2.57 bits per heavy atom. The van der Waals surface area contributed by atoms with Crippen molar-refractivity contribution in [2.75, 3.05) is 26.9 Å². The second kappa shape index (κ2) is 9.56. The maximum atomic E-state index is 12.6. The Morgan fingerprint density at radius 2 is 1.97 bits per heavy atom. The van der Waals surface area contributed by atoms with Gasteiger partial charge in [0.05, 0.1) is 20.3 Å². The Morgan fingerprint density at radius 1 is 1.23 bits per heavy atom. The number of fused-ring (bicyclic) bond motifs is 1. The van der Waals surface area contributed by atoms with Gasteiger partial charge in [0, 0.05) is 25.8 Å². The molecule has 0 amide bonds. The first-order valence-corrected chi connectivity index (χ1v) is 14.8. The molecule has 5 nitrogen and oxygen atoms in total. The number of hydrogen-bond acceptors (Lipinski definition) is 5. The van der Waals surface area contributed by atoms with Crippen LogP contribution < -0.4 is 9.47 Å². The molecule has 0 unspecified atom stereocenters. The molecular weight excluding hydrogens is 396 g/mol. The fourth-order valence-corrected chi connectivity index (χ4v) is 4.59. The average molecular weight is 433 g/mol. The Bertz CT molecular complexity index is 818. The van der Waals surface area contributed by atoms with E-state index in [1.54, 1.807) is 7.11 Å². The first-order valence-electron chi connectivity index (χ1n) is 11.1. The SMILES string of the molecule is CCOCC(=CCc1c(OC)c(C)c2c(c1OCC[Si](C)(C)C)C(=O)OC2)C1CC1. The zero-order valence-electron chi connectivity index (χ0n) is 19.4. The molecule has 0 N–H and O–H groups in total. The molecule has 6 heteroatoms. The molecule has 2 aliphatic rings. The van der Waals surface area contributed by atoms with E-state index >= 15 is 0 Å². The Kier molecular flexibility index (Phi) is 7.29. The number of esters is 1. The van der Waals surface area contributed by atoms with E-state index in [-0.39, 0.29) is 12.6 Å². The topological polar surface area (TPSA) is 54.0 Å². The number of hydrogen-bond donors (Lipinski definition) is 0. The quantitative estimate of drug-likeness (QED) is 0.270. The molecule has 3 rings (SSSR count). The zero-order valence-corrected chi connectivity index (χ0v) is 20.4. The molecule has 166 valence electrons. The van der Waals surface area contributed by atoms with Crippen LogP contribution in [0.5, 0.6) is 11.5 Å². The van der Waals surface area contributed by atoms with Crippen molar-refractivity contribution in [3.8, 4) is 11.5 Å². The van der Waals surface area contributed by atoms with Crippen LogP contribution in [0.4, 0.5) is 0 Å². The summed E-state index contributed by atoms with van der Waals surface area (Å²) in [6, 6.07) is 1.03. The van der Waals surface area contributed by atoms with Gasteiger partial charge in [0.25, 0.3) is 0 Å². The number of rotatable bonds is 11. The van der Waals surface area contributed by atoms with Crippen LogP contribution in [0.25, 0.3) is 0 Å². The summed E-state index contributed by atoms with van der Waals surface area (Å²) in [5.41, 5.74) is 4.73. The minimum atomic E-state index is -1.26. The van der Waals surface area contributed by atoms with Crippen LogP contribution >= 0.6 is 0 Å². The fraction of sp³-hybridized carbons (Fsp3) is 0.625. The Labute approximate surface area is 181 Å². The van der Waals surface area contributed by atoms with Gasteiger partial charge in [-0.25, -0.2) is 4.79 Å². The normalized spacial score (nSPS) is 16.5. The number of methoxy groups -OCH3 is 1. The number of ether oxygens (including phenoxy) is 4. The van der Waals surface area contributed by atoms with Crippen molar-refractivity contribution in [1.82, 2.24) is 0 Å². The van der Waals surface area contributed by atoms with Crippen molar-refractivity contribution < 1.29 is 23.7 Å². The number of carbonyl (C=O) groups is 1. The summed E-state index contributed by atoms with van der Waals surface area (Å²) in [4.78, 5) is 12.6. The van der Waals surface area contributed by atoms with Gasteiger partial charge in [-0.2, -0.15) is 0 Å². The highest BCUT2D eigenvalue weighted by Crippen LogP contribution is 2.44. The van der Waals surface area contributed by atoms with Gasteiger partial charge < -0.3 is 18.9 Å². The largest absolute Gasteiger partial charge is 0.496 e. The maximum absolute atomic E-state index is 12.6. The van der Waals surface area contributed by atoms with Crippen molar-refractivity contribution in [1.29, 1.82) is 0 Å². The van der Waals surface area contributed by atoms with Gasteiger partial charge in [-0.05, 0) is 56.2 Å². The lowest BCUT2D eigenvalue weighted by molar-refractivity contribution is 0.0532. The van der Waals surface area contributed by atoms with Crippen LogP contribution in [0, 0.1) is 12.8 Å². The lowest BCUT2D eigenvalue weighted by Gasteiger charge is -2.21. The summed E-state index contributed by atoms with van der Waals surface area (Å²) in [7, 11) is 0.425. The second-order valence-corrected chi connectivity index (χ2v) is 15.1. The molecule has 0 bridgehead atoms. The average Bonchev–Trinajstić information content (AvgIpc) is 3.45. The molecule has 0 atom stereocenters. The predicted octanol–water partition coefficient (Wildman–Crippen LogP) is 5.31. The van der Waals surface area contributed by atoms with E-state index < -0.39 is 8.07 Å². The molecule has 30 heavy (non-hydrogen) atoms. The highest BCUT2D eigenvalue weighted by Gasteiger charge is 2.33. The molecule has 1 aliphatic heterocycles. The van der Waals surface area contributed by atoms with Crippen molar-refractivity contribution in [2.45, 2.75) is 65.4 Å². The third kappa shape index (κ3) is 5.27. The Balaban J connectivity index is 1.99. The predicted molar refractivity (Wildman–Crippen MR) is 122 cm³/mol. The fourth-order valence-electron chi connectivity index (χ4n) is 3.88. The highest BCUT2D eigenvalue weighted by molar-refractivity contribution is 6.76. The van der Waals surface area contributed by atoms with Crippen molar-refractivity contribution in [3.05, 3.63) is 33.9 Å². The van der Waals surface area contributed by atoms with Gasteiger partial charge in [0.2, 0.25) is 0 Å². The van der Waals surface area contributed by atoms with Gasteiger partial charge >= 0.3 is 5.97 Å². The van der Waals surface area contributed by atoms with Gasteiger partial charge in [-0.3, -0.25) is 0 Å². The van der Waals surface area contributed by atoms with E-state index in [4.69, 9.17) is 18.9 Å². The Hall–Kier alpha value is -1.79. The zero-order chi connectivity index (χ0) is 21.9. The van der Waals surface area contributed by atoms with E-state index in [2.05, 4.69) is 25.7 Å². The minimum Gasteiger partial charge on any atom is -0.496 e. The minimum absolute atomic E-state index is 0.286. The number of allylic oxidation sites excluding steroid dienone is 1. The summed E-state index contributed by atoms with van der Waals surface area (Å²) < 4.78 is 23.2. The van der Waals surface area contributed by atoms with Gasteiger partial charge in [0.15, 0.2) is 0 Å². The number of cyclic esters (lactones) is 1. The maximum Gasteiger partial charge on any atom is 0.342 e. The van der Waals surface area contributed by atoms with Crippen LogP contribution in [-0.2, 0) is 22.5 Å². The monoisotopic (exact) mass is 432 g/mol. The number of carbonyl (C=O) groups excluding carboxylic acids is 1. The molecule has 1 saturated carbocycles. The summed E-state index contributed by atoms with van der Waals surface area (Å²) in [5, 5.41) is 0. The third-order valence-electron chi connectivity index (χ3n) is 5.87. The summed E-state index contributed by atoms with van der Waals surface area (Å²) in [5.74, 6) is 1.79. The van der Waals surface area contributed by atoms with Gasteiger partial charge in [0.1, 0.15) is 23.7 Å². The molecule has 0 radical (unpaired) electrons. The third-order valence-corrected chi connectivity index (χ3v) is 7.57. The van der Waals surface area contributed by atoms with Crippen LogP contribution in [0.1, 0.15) is 46.8 Å². The number of benzene rings is 1. The van der Waals surface area contributed by atoms with Crippen LogP contribution in [-0.4, -0.2) is 41.0 Å². The summed E-state index contributed by atoms with van der Waals surface area (Å²) in [6.07, 6.45) is 5.37. The van der Waals surface area contributed by atoms with Crippen molar-refractivity contribution in [2.24, 2.45) is 5.92 Å². The lowest BCUT2D eigenvalue weighted by Crippen LogP contribution is -2.23. The summed E-state index contributed by atoms with van der Waals surface area (Å²) in [6.45, 7) is 13.3. The highest BCUT2D eigenvalue weighted by atomic mass is 28.3. The summed E-state index contributed by atoms with van der Waals surface area (Å²) >= 11 is 0. The van der Waals surface area contributed by atoms with Crippen molar-refractivity contribution in [3.63, 3.8) is 0 Å². The van der Waals surface area contributed by atoms with E-state index in [0.717, 1.165) is 28.5 Å². The van der Waals surface area contributed by atoms with Crippen LogP contribution in [0.2, 0.25) is 25.7 Å². The second-order valence-electron chi connectivity index (χ2n) is 9.45. The van der Waals surface area contributed by atoms with Gasteiger partial charge in [-0.1, -0.05) is 25.7 Å². The molecular formula is C24H36O5Si. The van der Waals surface area contributed by atoms with E-state index in [9.17, 15) is 4.79 Å². The van der Waals surface area contributed by atoms with Crippen molar-refractivity contribution >= 4 is 14.0 Å². The molecule has 0 saturated heterocycles. The van der Waals surface area contributed by atoms with E-state index in [1.807, 2.05) is 13.8 Å².